The Kier molecular flexibility index (Phi) is 4.08. The van der Waals surface area contributed by atoms with Crippen molar-refractivity contribution >= 4 is 17.5 Å². The molecule has 1 aromatic carbocycles. The van der Waals surface area contributed by atoms with Gasteiger partial charge in [-0.2, -0.15) is 0 Å². The Hall–Kier alpha value is -2.04. The number of fused-ring (bicyclic) bond motifs is 1. The zero-order chi connectivity index (χ0) is 14.7. The second kappa shape index (κ2) is 6.16. The molecule has 21 heavy (non-hydrogen) atoms. The van der Waals surface area contributed by atoms with Gasteiger partial charge in [-0.25, -0.2) is 0 Å². The zero-order valence-electron chi connectivity index (χ0n) is 12.1. The first-order chi connectivity index (χ1) is 10.2. The first kappa shape index (κ1) is 13.9. The molecule has 1 fully saturated rings. The number of hydrogen-bond acceptors (Lipinski definition) is 3. The molecule has 0 spiro atoms. The summed E-state index contributed by atoms with van der Waals surface area (Å²) in [5.74, 6) is -0.0879. The van der Waals surface area contributed by atoms with Crippen LogP contribution < -0.4 is 16.0 Å². The number of hydrogen-bond donors (Lipinski definition) is 3. The number of carbonyl (C=O) groups is 2. The Morgan fingerprint density at radius 3 is 2.95 bits per heavy atom. The fraction of sp³-hybridized carbons (Fsp3) is 0.500. The van der Waals surface area contributed by atoms with Crippen LogP contribution in [-0.2, 0) is 11.2 Å². The minimum Gasteiger partial charge on any atom is -0.385 e. The molecule has 0 radical (unpaired) electrons. The Morgan fingerprint density at radius 1 is 1.29 bits per heavy atom. The van der Waals surface area contributed by atoms with Gasteiger partial charge < -0.3 is 16.0 Å². The maximum absolute atomic E-state index is 12.1. The van der Waals surface area contributed by atoms with Crippen LogP contribution in [-0.4, -0.2) is 30.9 Å². The van der Waals surface area contributed by atoms with Gasteiger partial charge in [0.25, 0.3) is 5.91 Å². The van der Waals surface area contributed by atoms with Crippen molar-refractivity contribution in [2.75, 3.05) is 18.4 Å². The summed E-state index contributed by atoms with van der Waals surface area (Å²) >= 11 is 0. The second-order valence-electron chi connectivity index (χ2n) is 5.75. The van der Waals surface area contributed by atoms with Crippen LogP contribution in [0.2, 0.25) is 0 Å². The van der Waals surface area contributed by atoms with E-state index < -0.39 is 0 Å². The summed E-state index contributed by atoms with van der Waals surface area (Å²) in [5, 5.41) is 9.05. The summed E-state index contributed by atoms with van der Waals surface area (Å²) in [6.07, 6.45) is 4.61. The minimum atomic E-state index is -0.109. The van der Waals surface area contributed by atoms with E-state index in [-0.39, 0.29) is 11.8 Å². The number of aryl methyl sites for hydroxylation is 1. The quantitative estimate of drug-likeness (QED) is 0.767. The molecule has 2 amide bonds. The number of anilines is 1. The molecule has 5 heteroatoms. The lowest BCUT2D eigenvalue weighted by atomic mass is 10.0. The highest BCUT2D eigenvalue weighted by atomic mass is 16.2. The normalized spacial score (nSPS) is 16.6. The monoisotopic (exact) mass is 287 g/mol. The first-order valence-electron chi connectivity index (χ1n) is 7.67. The van der Waals surface area contributed by atoms with Gasteiger partial charge in [-0.1, -0.05) is 0 Å². The molecule has 0 aromatic heterocycles. The summed E-state index contributed by atoms with van der Waals surface area (Å²) in [7, 11) is 0. The molecule has 0 unspecified atom stereocenters. The Morgan fingerprint density at radius 2 is 2.14 bits per heavy atom. The lowest BCUT2D eigenvalue weighted by Crippen LogP contribution is -2.31. The number of rotatable bonds is 5. The fourth-order valence-corrected chi connectivity index (χ4v) is 2.54. The number of benzene rings is 1. The van der Waals surface area contributed by atoms with E-state index in [1.54, 1.807) is 0 Å². The van der Waals surface area contributed by atoms with Crippen LogP contribution >= 0.6 is 0 Å². The lowest BCUT2D eigenvalue weighted by Gasteiger charge is -2.18. The van der Waals surface area contributed by atoms with Crippen LogP contribution in [0.25, 0.3) is 0 Å². The van der Waals surface area contributed by atoms with Crippen LogP contribution in [0.4, 0.5) is 5.69 Å². The SMILES string of the molecule is O=C(CCNC(=O)c1ccc2c(c1)CCCN2)NC1CC1. The van der Waals surface area contributed by atoms with Crippen LogP contribution in [0, 0.1) is 0 Å². The fourth-order valence-electron chi connectivity index (χ4n) is 2.54. The summed E-state index contributed by atoms with van der Waals surface area (Å²) in [6.45, 7) is 1.38. The van der Waals surface area contributed by atoms with Crippen LogP contribution in [0.1, 0.15) is 41.6 Å². The van der Waals surface area contributed by atoms with Crippen LogP contribution in [0.15, 0.2) is 18.2 Å². The topological polar surface area (TPSA) is 70.2 Å². The maximum atomic E-state index is 12.1. The molecule has 1 aliphatic heterocycles. The molecule has 1 aliphatic carbocycles. The van der Waals surface area contributed by atoms with E-state index in [9.17, 15) is 9.59 Å². The minimum absolute atomic E-state index is 0.0208. The Labute approximate surface area is 124 Å². The highest BCUT2D eigenvalue weighted by molar-refractivity contribution is 5.95. The van der Waals surface area contributed by atoms with Gasteiger partial charge in [-0.05, 0) is 49.4 Å². The predicted octanol–water partition coefficient (Wildman–Crippen LogP) is 1.44. The van der Waals surface area contributed by atoms with E-state index in [1.165, 1.54) is 5.56 Å². The van der Waals surface area contributed by atoms with Gasteiger partial charge in [0.2, 0.25) is 5.91 Å². The van der Waals surface area contributed by atoms with Gasteiger partial charge in [0.1, 0.15) is 0 Å². The van der Waals surface area contributed by atoms with E-state index in [2.05, 4.69) is 16.0 Å². The third-order valence-electron chi connectivity index (χ3n) is 3.89. The maximum Gasteiger partial charge on any atom is 0.251 e. The molecule has 112 valence electrons. The van der Waals surface area contributed by atoms with E-state index in [4.69, 9.17) is 0 Å². The van der Waals surface area contributed by atoms with Gasteiger partial charge in [-0.3, -0.25) is 9.59 Å². The van der Waals surface area contributed by atoms with E-state index in [1.807, 2.05) is 18.2 Å². The third kappa shape index (κ3) is 3.74. The van der Waals surface area contributed by atoms with Gasteiger partial charge in [-0.15, -0.1) is 0 Å². The average molecular weight is 287 g/mol. The molecule has 0 saturated heterocycles. The number of carbonyl (C=O) groups excluding carboxylic acids is 2. The standard InChI is InChI=1S/C16H21N3O2/c20-15(19-13-4-5-13)7-9-18-16(21)12-3-6-14-11(10-12)2-1-8-17-14/h3,6,10,13,17H,1-2,4-5,7-9H2,(H,18,21)(H,19,20). The van der Waals surface area contributed by atoms with Crippen molar-refractivity contribution in [3.05, 3.63) is 29.3 Å². The molecule has 2 aliphatic rings. The first-order valence-corrected chi connectivity index (χ1v) is 7.67. The van der Waals surface area contributed by atoms with E-state index in [0.29, 0.717) is 24.6 Å². The van der Waals surface area contributed by atoms with Crippen LogP contribution in [0.3, 0.4) is 0 Å². The summed E-state index contributed by atoms with van der Waals surface area (Å²) in [4.78, 5) is 23.6. The largest absolute Gasteiger partial charge is 0.385 e. The summed E-state index contributed by atoms with van der Waals surface area (Å²) in [6, 6.07) is 6.11. The molecule has 3 N–H and O–H groups in total. The Balaban J connectivity index is 1.49. The molecule has 3 rings (SSSR count). The highest BCUT2D eigenvalue weighted by Crippen LogP contribution is 2.22. The molecule has 1 aromatic rings. The third-order valence-corrected chi connectivity index (χ3v) is 3.89. The predicted molar refractivity (Wildman–Crippen MR) is 81.4 cm³/mol. The van der Waals surface area contributed by atoms with Crippen molar-refractivity contribution in [3.63, 3.8) is 0 Å². The molecule has 1 heterocycles. The number of nitrogens with one attached hydrogen (secondary N) is 3. The Bertz CT molecular complexity index is 552. The van der Waals surface area contributed by atoms with Gasteiger partial charge in [0.05, 0.1) is 0 Å². The van der Waals surface area contributed by atoms with Gasteiger partial charge in [0.15, 0.2) is 0 Å². The molecule has 5 nitrogen and oxygen atoms in total. The van der Waals surface area contributed by atoms with E-state index in [0.717, 1.165) is 37.9 Å². The zero-order valence-corrected chi connectivity index (χ0v) is 12.1. The smallest absolute Gasteiger partial charge is 0.251 e. The second-order valence-corrected chi connectivity index (χ2v) is 5.75. The van der Waals surface area contributed by atoms with Crippen molar-refractivity contribution in [1.82, 2.24) is 10.6 Å². The molecule has 1 saturated carbocycles. The lowest BCUT2D eigenvalue weighted by molar-refractivity contribution is -0.121. The van der Waals surface area contributed by atoms with Gasteiger partial charge in [0, 0.05) is 36.8 Å². The van der Waals surface area contributed by atoms with Crippen LogP contribution in [0.5, 0.6) is 0 Å². The summed E-state index contributed by atoms with van der Waals surface area (Å²) < 4.78 is 0. The van der Waals surface area contributed by atoms with Crippen molar-refractivity contribution < 1.29 is 9.59 Å². The molecule has 0 atom stereocenters. The van der Waals surface area contributed by atoms with E-state index >= 15 is 0 Å². The molecular formula is C16H21N3O2. The van der Waals surface area contributed by atoms with Crippen molar-refractivity contribution in [1.29, 1.82) is 0 Å². The van der Waals surface area contributed by atoms with Crippen molar-refractivity contribution in [2.24, 2.45) is 0 Å². The molecular weight excluding hydrogens is 266 g/mol. The number of amides is 2. The molecule has 0 bridgehead atoms. The van der Waals surface area contributed by atoms with Crippen molar-refractivity contribution in [3.8, 4) is 0 Å². The van der Waals surface area contributed by atoms with Crippen molar-refractivity contribution in [2.45, 2.75) is 38.1 Å². The average Bonchev–Trinajstić information content (AvgIpc) is 3.30. The summed E-state index contributed by atoms with van der Waals surface area (Å²) in [5.41, 5.74) is 2.99. The highest BCUT2D eigenvalue weighted by Gasteiger charge is 2.22. The van der Waals surface area contributed by atoms with Gasteiger partial charge >= 0.3 is 0 Å².